The Hall–Kier alpha value is -2.80. The van der Waals surface area contributed by atoms with Crippen molar-refractivity contribution in [2.45, 2.75) is 6.54 Å². The average Bonchev–Trinajstić information content (AvgIpc) is 2.76. The van der Waals surface area contributed by atoms with Crippen LogP contribution in [0.1, 0.15) is 5.56 Å². The number of piperazine rings is 1. The van der Waals surface area contributed by atoms with Crippen LogP contribution < -0.4 is 15.0 Å². The Balaban J connectivity index is 1.52. The number of guanidine groups is 1. The molecule has 0 unspecified atom stereocenters. The maximum absolute atomic E-state index is 5.97. The number of pyridine rings is 1. The molecule has 7 heteroatoms. The lowest BCUT2D eigenvalue weighted by atomic mass is 10.2. The van der Waals surface area contributed by atoms with E-state index in [-0.39, 0.29) is 0 Å². The predicted molar refractivity (Wildman–Crippen MR) is 119 cm³/mol. The third-order valence-electron chi connectivity index (χ3n) is 4.97. The van der Waals surface area contributed by atoms with Gasteiger partial charge in [0, 0.05) is 58.1 Å². The summed E-state index contributed by atoms with van der Waals surface area (Å²) in [5.41, 5.74) is 1.14. The zero-order valence-electron chi connectivity index (χ0n) is 17.7. The number of anilines is 1. The van der Waals surface area contributed by atoms with Gasteiger partial charge in [-0.25, -0.2) is 4.98 Å². The van der Waals surface area contributed by atoms with Crippen LogP contribution in [0.15, 0.2) is 53.7 Å². The van der Waals surface area contributed by atoms with Crippen LogP contribution in [-0.4, -0.2) is 81.2 Å². The Morgan fingerprint density at radius 1 is 1.10 bits per heavy atom. The lowest BCUT2D eigenvalue weighted by molar-refractivity contribution is 0.259. The summed E-state index contributed by atoms with van der Waals surface area (Å²) in [5, 5.41) is 3.50. The van der Waals surface area contributed by atoms with E-state index in [9.17, 15) is 0 Å². The number of hydrogen-bond acceptors (Lipinski definition) is 5. The molecular formula is C22H32N6O. The molecule has 0 amide bonds. The zero-order chi connectivity index (χ0) is 20.5. The van der Waals surface area contributed by atoms with Crippen molar-refractivity contribution in [2.24, 2.45) is 4.99 Å². The van der Waals surface area contributed by atoms with Crippen LogP contribution in [0.5, 0.6) is 5.75 Å². The van der Waals surface area contributed by atoms with Gasteiger partial charge in [0.05, 0.1) is 0 Å². The number of para-hydroxylation sites is 1. The highest BCUT2D eigenvalue weighted by molar-refractivity contribution is 5.80. The molecule has 1 saturated heterocycles. The van der Waals surface area contributed by atoms with E-state index in [4.69, 9.17) is 4.74 Å². The van der Waals surface area contributed by atoms with Gasteiger partial charge in [0.25, 0.3) is 0 Å². The fraction of sp³-hybridized carbons (Fsp3) is 0.455. The number of rotatable bonds is 7. The molecule has 1 fully saturated rings. The van der Waals surface area contributed by atoms with Crippen LogP contribution in [0.25, 0.3) is 0 Å². The third kappa shape index (κ3) is 6.09. The minimum absolute atomic E-state index is 0.675. The van der Waals surface area contributed by atoms with Crippen molar-refractivity contribution >= 4 is 11.8 Å². The van der Waals surface area contributed by atoms with Crippen LogP contribution in [0.4, 0.5) is 5.82 Å². The highest BCUT2D eigenvalue weighted by atomic mass is 16.5. The monoisotopic (exact) mass is 396 g/mol. The largest absolute Gasteiger partial charge is 0.492 e. The van der Waals surface area contributed by atoms with Crippen molar-refractivity contribution in [3.8, 4) is 5.75 Å². The van der Waals surface area contributed by atoms with E-state index in [2.05, 4.69) is 56.2 Å². The highest BCUT2D eigenvalue weighted by Gasteiger charge is 2.20. The summed E-state index contributed by atoms with van der Waals surface area (Å²) in [7, 11) is 5.94. The molecule has 2 heterocycles. The van der Waals surface area contributed by atoms with Gasteiger partial charge in [-0.1, -0.05) is 24.3 Å². The summed E-state index contributed by atoms with van der Waals surface area (Å²) < 4.78 is 5.97. The maximum atomic E-state index is 5.97. The molecule has 0 saturated carbocycles. The van der Waals surface area contributed by atoms with Crippen molar-refractivity contribution in [1.82, 2.24) is 20.1 Å². The summed E-state index contributed by atoms with van der Waals surface area (Å²) in [4.78, 5) is 15.7. The van der Waals surface area contributed by atoms with Crippen LogP contribution in [0.3, 0.4) is 0 Å². The summed E-state index contributed by atoms with van der Waals surface area (Å²) >= 11 is 0. The first-order valence-electron chi connectivity index (χ1n) is 10.1. The first-order chi connectivity index (χ1) is 14.2. The minimum Gasteiger partial charge on any atom is -0.492 e. The third-order valence-corrected chi connectivity index (χ3v) is 4.97. The Morgan fingerprint density at radius 2 is 1.86 bits per heavy atom. The molecule has 0 bridgehead atoms. The van der Waals surface area contributed by atoms with Gasteiger partial charge in [-0.3, -0.25) is 4.99 Å². The van der Waals surface area contributed by atoms with Crippen molar-refractivity contribution < 1.29 is 4.74 Å². The maximum Gasteiger partial charge on any atom is 0.194 e. The smallest absolute Gasteiger partial charge is 0.194 e. The number of nitrogens with one attached hydrogen (secondary N) is 1. The van der Waals surface area contributed by atoms with E-state index < -0.39 is 0 Å². The van der Waals surface area contributed by atoms with Gasteiger partial charge in [-0.2, -0.15) is 0 Å². The van der Waals surface area contributed by atoms with Crippen LogP contribution in [0.2, 0.25) is 0 Å². The van der Waals surface area contributed by atoms with Crippen LogP contribution >= 0.6 is 0 Å². The molecule has 0 spiro atoms. The molecule has 7 nitrogen and oxygen atoms in total. The topological polar surface area (TPSA) is 56.2 Å². The highest BCUT2D eigenvalue weighted by Crippen LogP contribution is 2.18. The van der Waals surface area contributed by atoms with Crippen molar-refractivity contribution in [2.75, 3.05) is 65.4 Å². The van der Waals surface area contributed by atoms with Crippen LogP contribution in [-0.2, 0) is 6.54 Å². The van der Waals surface area contributed by atoms with E-state index in [0.29, 0.717) is 13.2 Å². The molecule has 156 valence electrons. The summed E-state index contributed by atoms with van der Waals surface area (Å²) in [6.45, 7) is 5.95. The molecule has 0 aliphatic carbocycles. The molecule has 3 rings (SSSR count). The van der Waals surface area contributed by atoms with E-state index in [1.54, 1.807) is 0 Å². The molecule has 1 aliphatic heterocycles. The molecule has 1 aliphatic rings. The van der Waals surface area contributed by atoms with Crippen molar-refractivity contribution in [1.29, 1.82) is 0 Å². The number of aromatic nitrogens is 1. The fourth-order valence-electron chi connectivity index (χ4n) is 3.32. The summed E-state index contributed by atoms with van der Waals surface area (Å²) in [6.07, 6.45) is 1.85. The summed E-state index contributed by atoms with van der Waals surface area (Å²) in [5.74, 6) is 2.89. The molecule has 1 aromatic carbocycles. The second kappa shape index (κ2) is 10.7. The SMILES string of the molecule is CN=C(NCc1ccccc1OCCN(C)C)N1CCN(c2ccccn2)CC1. The Bertz CT molecular complexity index is 772. The standard InChI is InChI=1S/C22H32N6O/c1-23-22(28-14-12-27(13-15-28)21-10-6-7-11-24-21)25-18-19-8-4-5-9-20(19)29-17-16-26(2)3/h4-11H,12-18H2,1-3H3,(H,23,25). The van der Waals surface area contributed by atoms with E-state index in [0.717, 1.165) is 55.8 Å². The Kier molecular flexibility index (Phi) is 7.69. The predicted octanol–water partition coefficient (Wildman–Crippen LogP) is 1.92. The second-order valence-corrected chi connectivity index (χ2v) is 7.32. The fourth-order valence-corrected chi connectivity index (χ4v) is 3.32. The average molecular weight is 397 g/mol. The van der Waals surface area contributed by atoms with Crippen LogP contribution in [0, 0.1) is 0 Å². The first-order valence-corrected chi connectivity index (χ1v) is 10.1. The number of likely N-dealkylation sites (N-methyl/N-ethyl adjacent to an activating group) is 1. The quantitative estimate of drug-likeness (QED) is 0.570. The second-order valence-electron chi connectivity index (χ2n) is 7.32. The lowest BCUT2D eigenvalue weighted by Gasteiger charge is -2.37. The molecule has 1 N–H and O–H groups in total. The van der Waals surface area contributed by atoms with Gasteiger partial charge in [0.15, 0.2) is 5.96 Å². The Labute approximate surface area is 174 Å². The number of hydrogen-bond donors (Lipinski definition) is 1. The molecular weight excluding hydrogens is 364 g/mol. The van der Waals surface area contributed by atoms with E-state index in [1.807, 2.05) is 43.6 Å². The molecule has 1 aromatic heterocycles. The Morgan fingerprint density at radius 3 is 2.55 bits per heavy atom. The molecule has 0 radical (unpaired) electrons. The molecule has 0 atom stereocenters. The van der Waals surface area contributed by atoms with Gasteiger partial charge in [-0.15, -0.1) is 0 Å². The summed E-state index contributed by atoms with van der Waals surface area (Å²) in [6, 6.07) is 14.2. The first kappa shape index (κ1) is 20.9. The number of benzene rings is 1. The minimum atomic E-state index is 0.675. The molecule has 2 aromatic rings. The van der Waals surface area contributed by atoms with Gasteiger partial charge >= 0.3 is 0 Å². The van der Waals surface area contributed by atoms with E-state index in [1.165, 1.54) is 0 Å². The zero-order valence-corrected chi connectivity index (χ0v) is 17.7. The number of nitrogens with zero attached hydrogens (tertiary/aromatic N) is 5. The van der Waals surface area contributed by atoms with Gasteiger partial charge in [0.2, 0.25) is 0 Å². The lowest BCUT2D eigenvalue weighted by Crippen LogP contribution is -2.52. The van der Waals surface area contributed by atoms with Gasteiger partial charge in [0.1, 0.15) is 18.2 Å². The van der Waals surface area contributed by atoms with Gasteiger partial charge in [-0.05, 0) is 32.3 Å². The van der Waals surface area contributed by atoms with Gasteiger partial charge < -0.3 is 24.8 Å². The number of ether oxygens (including phenoxy) is 1. The van der Waals surface area contributed by atoms with E-state index >= 15 is 0 Å². The van der Waals surface area contributed by atoms with Crippen molar-refractivity contribution in [3.05, 3.63) is 54.2 Å². The number of aliphatic imine (C=N–C) groups is 1. The van der Waals surface area contributed by atoms with Crippen molar-refractivity contribution in [3.63, 3.8) is 0 Å². The molecule has 29 heavy (non-hydrogen) atoms. The normalized spacial score (nSPS) is 15.0.